The Bertz CT molecular complexity index is 609. The Morgan fingerprint density at radius 2 is 1.74 bits per heavy atom. The van der Waals surface area contributed by atoms with Gasteiger partial charge in [-0.2, -0.15) is 0 Å². The second-order valence-corrected chi connectivity index (χ2v) is 8.01. The van der Waals surface area contributed by atoms with E-state index in [0.29, 0.717) is 17.8 Å². The summed E-state index contributed by atoms with van der Waals surface area (Å²) in [5.41, 5.74) is 0.986. The molecule has 152 valence electrons. The van der Waals surface area contributed by atoms with Crippen molar-refractivity contribution in [2.24, 2.45) is 23.7 Å². The minimum Gasteiger partial charge on any atom is -0.479 e. The number of amides is 1. The third-order valence-corrected chi connectivity index (χ3v) is 5.61. The van der Waals surface area contributed by atoms with E-state index in [9.17, 15) is 14.7 Å². The molecule has 0 aliphatic heterocycles. The maximum Gasteiger partial charge on any atom is 0.341 e. The standard InChI is InChI=1S/C21H32N2O3.ClH/c1-13(2)17-11-10-14(3)12-18(17)20(24)23-19(21(25)26)22-15(4)16-8-6-5-7-9-16;/h5-9,13-15,17-19,22H,10-12H2,1-4H3,(H,23,24)(H,25,26);1H/t14-,15?,17+,18-,19-;/m1./s1. The summed E-state index contributed by atoms with van der Waals surface area (Å²) in [6.07, 6.45) is 1.90. The van der Waals surface area contributed by atoms with E-state index < -0.39 is 12.1 Å². The van der Waals surface area contributed by atoms with Crippen molar-refractivity contribution in [3.8, 4) is 0 Å². The molecule has 0 saturated heterocycles. The number of hydrogen-bond acceptors (Lipinski definition) is 3. The van der Waals surface area contributed by atoms with Gasteiger partial charge in [0.2, 0.25) is 5.91 Å². The minimum absolute atomic E-state index is 0. The van der Waals surface area contributed by atoms with E-state index in [-0.39, 0.29) is 30.3 Å². The predicted molar refractivity (Wildman–Crippen MR) is 110 cm³/mol. The van der Waals surface area contributed by atoms with E-state index in [1.807, 2.05) is 37.3 Å². The van der Waals surface area contributed by atoms with Gasteiger partial charge in [0.05, 0.1) is 0 Å². The first-order chi connectivity index (χ1) is 12.3. The Morgan fingerprint density at radius 1 is 1.11 bits per heavy atom. The zero-order valence-corrected chi connectivity index (χ0v) is 17.5. The molecule has 1 aliphatic carbocycles. The lowest BCUT2D eigenvalue weighted by molar-refractivity contribution is -0.144. The monoisotopic (exact) mass is 396 g/mol. The number of halogens is 1. The van der Waals surface area contributed by atoms with Crippen LogP contribution < -0.4 is 10.6 Å². The van der Waals surface area contributed by atoms with Crippen molar-refractivity contribution in [3.63, 3.8) is 0 Å². The van der Waals surface area contributed by atoms with Crippen LogP contribution in [-0.4, -0.2) is 23.1 Å². The molecule has 2 rings (SSSR count). The summed E-state index contributed by atoms with van der Waals surface area (Å²) in [5.74, 6) is -0.0962. The molecule has 5 nitrogen and oxygen atoms in total. The first kappa shape index (κ1) is 23.4. The summed E-state index contributed by atoms with van der Waals surface area (Å²) in [4.78, 5) is 24.6. The first-order valence-corrected chi connectivity index (χ1v) is 9.63. The van der Waals surface area contributed by atoms with E-state index in [1.165, 1.54) is 0 Å². The van der Waals surface area contributed by atoms with E-state index in [1.54, 1.807) is 0 Å². The number of carboxylic acid groups (broad SMARTS) is 1. The van der Waals surface area contributed by atoms with Crippen LogP contribution in [0, 0.1) is 23.7 Å². The van der Waals surface area contributed by atoms with Crippen molar-refractivity contribution in [2.45, 2.75) is 59.2 Å². The summed E-state index contributed by atoms with van der Waals surface area (Å²) in [5, 5.41) is 15.3. The van der Waals surface area contributed by atoms with Gasteiger partial charge in [-0.05, 0) is 43.1 Å². The molecule has 1 amide bonds. The van der Waals surface area contributed by atoms with E-state index in [4.69, 9.17) is 0 Å². The second kappa shape index (κ2) is 10.7. The normalized spacial score (nSPS) is 24.6. The number of aliphatic carboxylic acids is 1. The van der Waals surface area contributed by atoms with Gasteiger partial charge in [0.15, 0.2) is 6.17 Å². The van der Waals surface area contributed by atoms with Gasteiger partial charge in [-0.1, -0.05) is 57.5 Å². The van der Waals surface area contributed by atoms with Gasteiger partial charge in [-0.15, -0.1) is 12.4 Å². The van der Waals surface area contributed by atoms with Gasteiger partial charge < -0.3 is 10.4 Å². The smallest absolute Gasteiger partial charge is 0.341 e. The maximum atomic E-state index is 12.9. The third kappa shape index (κ3) is 6.51. The van der Waals surface area contributed by atoms with Crippen molar-refractivity contribution < 1.29 is 14.7 Å². The number of hydrogen-bond donors (Lipinski definition) is 3. The molecule has 27 heavy (non-hydrogen) atoms. The average Bonchev–Trinajstić information content (AvgIpc) is 2.61. The summed E-state index contributed by atoms with van der Waals surface area (Å²) in [6, 6.07) is 9.45. The molecule has 1 aliphatic rings. The summed E-state index contributed by atoms with van der Waals surface area (Å²) in [7, 11) is 0. The lowest BCUT2D eigenvalue weighted by Crippen LogP contribution is -2.54. The van der Waals surface area contributed by atoms with Gasteiger partial charge in [-0.3, -0.25) is 10.1 Å². The fourth-order valence-electron chi connectivity index (χ4n) is 4.02. The van der Waals surface area contributed by atoms with Crippen LogP contribution in [-0.2, 0) is 9.59 Å². The van der Waals surface area contributed by atoms with Crippen molar-refractivity contribution in [1.29, 1.82) is 0 Å². The number of rotatable bonds is 7. The predicted octanol–water partition coefficient (Wildman–Crippen LogP) is 3.99. The number of benzene rings is 1. The first-order valence-electron chi connectivity index (χ1n) is 9.63. The molecule has 1 fully saturated rings. The highest BCUT2D eigenvalue weighted by molar-refractivity contribution is 5.85. The molecule has 1 unspecified atom stereocenters. The van der Waals surface area contributed by atoms with E-state index >= 15 is 0 Å². The molecular weight excluding hydrogens is 364 g/mol. The molecule has 1 saturated carbocycles. The quantitative estimate of drug-likeness (QED) is 0.609. The SMILES string of the molecule is CC(N[C@H](NC(=O)[C@@H]1C[C@H](C)CC[C@H]1C(C)C)C(=O)O)c1ccccc1.Cl. The number of carbonyl (C=O) groups is 2. The fourth-order valence-corrected chi connectivity index (χ4v) is 4.02. The Morgan fingerprint density at radius 3 is 2.30 bits per heavy atom. The van der Waals surface area contributed by atoms with Crippen LogP contribution in [0.2, 0.25) is 0 Å². The van der Waals surface area contributed by atoms with Gasteiger partial charge in [0.1, 0.15) is 0 Å². The summed E-state index contributed by atoms with van der Waals surface area (Å²) in [6.45, 7) is 8.36. The molecule has 0 radical (unpaired) electrons. The topological polar surface area (TPSA) is 78.4 Å². The third-order valence-electron chi connectivity index (χ3n) is 5.61. The van der Waals surface area contributed by atoms with Gasteiger partial charge in [0.25, 0.3) is 0 Å². The van der Waals surface area contributed by atoms with Crippen LogP contribution in [0.1, 0.15) is 58.6 Å². The lowest BCUT2D eigenvalue weighted by atomic mass is 9.70. The van der Waals surface area contributed by atoms with Crippen molar-refractivity contribution in [1.82, 2.24) is 10.6 Å². The van der Waals surface area contributed by atoms with Gasteiger partial charge in [0, 0.05) is 12.0 Å². The number of carboxylic acids is 1. The van der Waals surface area contributed by atoms with Crippen LogP contribution in [0.5, 0.6) is 0 Å². The van der Waals surface area contributed by atoms with Crippen molar-refractivity contribution >= 4 is 24.3 Å². The highest BCUT2D eigenvalue weighted by Crippen LogP contribution is 2.38. The molecule has 0 heterocycles. The Labute approximate surface area is 168 Å². The molecule has 0 bridgehead atoms. The van der Waals surface area contributed by atoms with Crippen LogP contribution in [0.4, 0.5) is 0 Å². The zero-order valence-electron chi connectivity index (χ0n) is 16.6. The molecule has 0 spiro atoms. The van der Waals surface area contributed by atoms with Crippen LogP contribution in [0.15, 0.2) is 30.3 Å². The molecule has 5 atom stereocenters. The molecule has 1 aromatic rings. The molecule has 1 aromatic carbocycles. The van der Waals surface area contributed by atoms with Crippen LogP contribution in [0.3, 0.4) is 0 Å². The second-order valence-electron chi connectivity index (χ2n) is 8.01. The fraction of sp³-hybridized carbons (Fsp3) is 0.619. The zero-order chi connectivity index (χ0) is 19.3. The number of carbonyl (C=O) groups excluding carboxylic acids is 1. The molecule has 6 heteroatoms. The molecular formula is C21H33ClN2O3. The Balaban J connectivity index is 0.00000364. The van der Waals surface area contributed by atoms with Crippen LogP contribution in [0.25, 0.3) is 0 Å². The Hall–Kier alpha value is -1.59. The van der Waals surface area contributed by atoms with Crippen molar-refractivity contribution in [3.05, 3.63) is 35.9 Å². The van der Waals surface area contributed by atoms with Gasteiger partial charge >= 0.3 is 5.97 Å². The highest BCUT2D eigenvalue weighted by Gasteiger charge is 2.37. The minimum atomic E-state index is -1.09. The maximum absolute atomic E-state index is 12.9. The largest absolute Gasteiger partial charge is 0.479 e. The van der Waals surface area contributed by atoms with E-state index in [0.717, 1.165) is 24.8 Å². The Kier molecular flexibility index (Phi) is 9.27. The van der Waals surface area contributed by atoms with E-state index in [2.05, 4.69) is 31.4 Å². The van der Waals surface area contributed by atoms with Gasteiger partial charge in [-0.25, -0.2) is 4.79 Å². The van der Waals surface area contributed by atoms with Crippen molar-refractivity contribution in [2.75, 3.05) is 0 Å². The molecule has 0 aromatic heterocycles. The molecule has 3 N–H and O–H groups in total. The average molecular weight is 397 g/mol. The number of nitrogens with one attached hydrogen (secondary N) is 2. The lowest BCUT2D eigenvalue weighted by Gasteiger charge is -2.37. The summed E-state index contributed by atoms with van der Waals surface area (Å²) >= 11 is 0. The highest BCUT2D eigenvalue weighted by atomic mass is 35.5. The summed E-state index contributed by atoms with van der Waals surface area (Å²) < 4.78 is 0. The van der Waals surface area contributed by atoms with Crippen LogP contribution >= 0.6 is 12.4 Å².